The molecule has 10 heteroatoms. The van der Waals surface area contributed by atoms with Gasteiger partial charge in [-0.1, -0.05) is 24.6 Å². The van der Waals surface area contributed by atoms with Crippen molar-refractivity contribution in [1.29, 1.82) is 0 Å². The molecular formula is C24H27ClFN7O. The minimum absolute atomic E-state index is 0.114. The first-order chi connectivity index (χ1) is 16.4. The first-order valence-corrected chi connectivity index (χ1v) is 11.6. The van der Waals surface area contributed by atoms with E-state index in [2.05, 4.69) is 37.0 Å². The third-order valence-electron chi connectivity index (χ3n) is 5.99. The number of amides is 1. The second-order valence-corrected chi connectivity index (χ2v) is 8.61. The minimum Gasteiger partial charge on any atom is -0.365 e. The van der Waals surface area contributed by atoms with Gasteiger partial charge in [0.25, 0.3) is 5.91 Å². The van der Waals surface area contributed by atoms with Crippen molar-refractivity contribution in [3.8, 4) is 11.4 Å². The van der Waals surface area contributed by atoms with Crippen LogP contribution < -0.4 is 16.0 Å². The van der Waals surface area contributed by atoms with Crippen molar-refractivity contribution < 1.29 is 9.18 Å². The highest BCUT2D eigenvalue weighted by molar-refractivity contribution is 6.30. The Morgan fingerprint density at radius 1 is 1.18 bits per heavy atom. The topological polar surface area (TPSA) is 100 Å². The van der Waals surface area contributed by atoms with Gasteiger partial charge in [0.2, 0.25) is 0 Å². The lowest BCUT2D eigenvalue weighted by atomic mass is 10.1. The van der Waals surface area contributed by atoms with Gasteiger partial charge in [-0.25, -0.2) is 19.3 Å². The Morgan fingerprint density at radius 2 is 1.94 bits per heavy atom. The van der Waals surface area contributed by atoms with Gasteiger partial charge in [0.05, 0.1) is 11.6 Å². The number of hydrogen-bond donors (Lipinski definition) is 2. The lowest BCUT2D eigenvalue weighted by Gasteiger charge is -2.34. The number of anilines is 2. The van der Waals surface area contributed by atoms with Crippen LogP contribution >= 0.6 is 11.6 Å². The molecule has 0 bridgehead atoms. The number of hydrogen-bond acceptors (Lipinski definition) is 7. The zero-order chi connectivity index (χ0) is 24.2. The summed E-state index contributed by atoms with van der Waals surface area (Å²) in [6.45, 7) is 8.86. The average molecular weight is 484 g/mol. The summed E-state index contributed by atoms with van der Waals surface area (Å²) in [6.07, 6.45) is 3.09. The lowest BCUT2D eigenvalue weighted by Crippen LogP contribution is -2.46. The Morgan fingerprint density at radius 3 is 2.56 bits per heavy atom. The van der Waals surface area contributed by atoms with E-state index in [1.165, 1.54) is 12.3 Å². The first kappa shape index (κ1) is 23.8. The van der Waals surface area contributed by atoms with Gasteiger partial charge >= 0.3 is 0 Å². The van der Waals surface area contributed by atoms with Crippen LogP contribution in [0.3, 0.4) is 0 Å². The number of nitrogens with two attached hydrogens (primary N) is 1. The summed E-state index contributed by atoms with van der Waals surface area (Å²) in [6, 6.07) is 7.78. The molecule has 178 valence electrons. The predicted molar refractivity (Wildman–Crippen MR) is 132 cm³/mol. The maximum Gasteiger partial charge on any atom is 0.254 e. The van der Waals surface area contributed by atoms with Crippen LogP contribution in [0, 0.1) is 5.82 Å². The van der Waals surface area contributed by atoms with Gasteiger partial charge in [0.15, 0.2) is 5.82 Å². The fourth-order valence-corrected chi connectivity index (χ4v) is 4.10. The molecule has 3 heterocycles. The van der Waals surface area contributed by atoms with Crippen molar-refractivity contribution in [3.05, 3.63) is 64.7 Å². The maximum atomic E-state index is 14.4. The number of aromatic nitrogens is 3. The number of benzene rings is 1. The summed E-state index contributed by atoms with van der Waals surface area (Å²) in [5, 5.41) is 3.39. The number of piperazine rings is 1. The predicted octanol–water partition coefficient (Wildman–Crippen LogP) is 3.75. The van der Waals surface area contributed by atoms with E-state index < -0.39 is 17.8 Å². The van der Waals surface area contributed by atoms with Gasteiger partial charge in [-0.15, -0.1) is 0 Å². The molecule has 1 aromatic carbocycles. The zero-order valence-electron chi connectivity index (χ0n) is 19.1. The Bertz CT molecular complexity index is 1170. The van der Waals surface area contributed by atoms with Gasteiger partial charge in [-0.2, -0.15) is 0 Å². The number of primary amides is 1. The number of likely N-dealkylation sites (N-methyl/N-ethyl adjacent to an activating group) is 1. The number of rotatable bonds is 7. The van der Waals surface area contributed by atoms with E-state index in [0.717, 1.165) is 38.5 Å². The van der Waals surface area contributed by atoms with Crippen LogP contribution in [-0.2, 0) is 0 Å². The number of halogens is 2. The average Bonchev–Trinajstić information content (AvgIpc) is 2.84. The van der Waals surface area contributed by atoms with E-state index in [1.54, 1.807) is 25.3 Å². The molecule has 1 amide bonds. The second-order valence-electron chi connectivity index (χ2n) is 8.18. The molecule has 1 atom stereocenters. The van der Waals surface area contributed by atoms with E-state index in [0.29, 0.717) is 22.0 Å². The quantitative estimate of drug-likeness (QED) is 0.528. The van der Waals surface area contributed by atoms with Crippen LogP contribution in [0.5, 0.6) is 0 Å². The Hall–Kier alpha value is -3.30. The van der Waals surface area contributed by atoms with Crippen molar-refractivity contribution in [2.75, 3.05) is 42.9 Å². The van der Waals surface area contributed by atoms with Crippen molar-refractivity contribution in [2.45, 2.75) is 19.9 Å². The van der Waals surface area contributed by atoms with Gasteiger partial charge < -0.3 is 20.9 Å². The van der Waals surface area contributed by atoms with E-state index >= 15 is 0 Å². The minimum atomic E-state index is -0.683. The third kappa shape index (κ3) is 5.26. The van der Waals surface area contributed by atoms with Crippen LogP contribution in [0.1, 0.15) is 35.8 Å². The van der Waals surface area contributed by atoms with E-state index in [-0.39, 0.29) is 11.4 Å². The lowest BCUT2D eigenvalue weighted by molar-refractivity contribution is 0.100. The highest BCUT2D eigenvalue weighted by atomic mass is 35.5. The smallest absolute Gasteiger partial charge is 0.254 e. The highest BCUT2D eigenvalue weighted by Gasteiger charge is 2.19. The fraction of sp³-hybridized carbons (Fsp3) is 0.333. The molecule has 1 fully saturated rings. The van der Waals surface area contributed by atoms with Gasteiger partial charge in [0.1, 0.15) is 17.5 Å². The Kier molecular flexibility index (Phi) is 7.23. The summed E-state index contributed by atoms with van der Waals surface area (Å²) < 4.78 is 14.4. The van der Waals surface area contributed by atoms with Crippen LogP contribution in [0.4, 0.5) is 16.0 Å². The number of carbonyl (C=O) groups is 1. The molecule has 3 aromatic rings. The van der Waals surface area contributed by atoms with Gasteiger partial charge in [-0.05, 0) is 37.7 Å². The molecule has 0 saturated carbocycles. The standard InChI is InChI=1S/C24H27ClFN7O/c1-3-32-8-10-33(11-9-32)21-7-4-16(13-28-21)23-29-14-19(22(27)34)24(31-23)30-15(2)18-6-5-17(25)12-20(18)26/h4-7,12-15H,3,8-11H2,1-2H3,(H2,27,34)(H,29,30,31)/t15-/m1/s1. The molecule has 0 spiro atoms. The molecule has 8 nitrogen and oxygen atoms in total. The van der Waals surface area contributed by atoms with Gasteiger partial charge in [-0.3, -0.25) is 4.79 Å². The summed E-state index contributed by atoms with van der Waals surface area (Å²) >= 11 is 5.86. The molecule has 1 aliphatic heterocycles. The van der Waals surface area contributed by atoms with Crippen LogP contribution in [0.25, 0.3) is 11.4 Å². The highest BCUT2D eigenvalue weighted by Crippen LogP contribution is 2.27. The monoisotopic (exact) mass is 483 g/mol. The number of nitrogens with one attached hydrogen (secondary N) is 1. The Balaban J connectivity index is 1.56. The molecule has 1 saturated heterocycles. The second kappa shape index (κ2) is 10.3. The summed E-state index contributed by atoms with van der Waals surface area (Å²) in [5.74, 6) is 0.364. The van der Waals surface area contributed by atoms with Crippen LogP contribution in [0.15, 0.2) is 42.7 Å². The first-order valence-electron chi connectivity index (χ1n) is 11.2. The van der Waals surface area contributed by atoms with Gasteiger partial charge in [0, 0.05) is 54.7 Å². The third-order valence-corrected chi connectivity index (χ3v) is 6.22. The van der Waals surface area contributed by atoms with E-state index in [9.17, 15) is 9.18 Å². The van der Waals surface area contributed by atoms with Crippen LogP contribution in [0.2, 0.25) is 5.02 Å². The molecule has 0 aliphatic carbocycles. The fourth-order valence-electron chi connectivity index (χ4n) is 3.95. The SMILES string of the molecule is CCN1CCN(c2ccc(-c3ncc(C(N)=O)c(N[C@H](C)c4ccc(Cl)cc4F)n3)cn2)CC1. The van der Waals surface area contributed by atoms with Crippen molar-refractivity contribution in [2.24, 2.45) is 5.73 Å². The molecule has 2 aromatic heterocycles. The number of carbonyl (C=O) groups excluding carboxylic acids is 1. The Labute approximate surface area is 203 Å². The molecule has 34 heavy (non-hydrogen) atoms. The van der Waals surface area contributed by atoms with E-state index in [4.69, 9.17) is 17.3 Å². The molecule has 0 unspecified atom stereocenters. The molecule has 1 aliphatic rings. The molecular weight excluding hydrogens is 457 g/mol. The molecule has 3 N–H and O–H groups in total. The maximum absolute atomic E-state index is 14.4. The number of pyridine rings is 1. The number of nitrogens with zero attached hydrogens (tertiary/aromatic N) is 5. The molecule has 4 rings (SSSR count). The zero-order valence-corrected chi connectivity index (χ0v) is 19.9. The normalized spacial score (nSPS) is 15.2. The summed E-state index contributed by atoms with van der Waals surface area (Å²) in [4.78, 5) is 30.0. The largest absolute Gasteiger partial charge is 0.365 e. The summed E-state index contributed by atoms with van der Waals surface area (Å²) in [5.41, 5.74) is 6.71. The van der Waals surface area contributed by atoms with Crippen LogP contribution in [-0.4, -0.2) is 58.5 Å². The van der Waals surface area contributed by atoms with Crippen molar-refractivity contribution in [3.63, 3.8) is 0 Å². The van der Waals surface area contributed by atoms with Crippen molar-refractivity contribution >= 4 is 29.1 Å². The molecule has 0 radical (unpaired) electrons. The summed E-state index contributed by atoms with van der Waals surface area (Å²) in [7, 11) is 0. The van der Waals surface area contributed by atoms with Crippen molar-refractivity contribution in [1.82, 2.24) is 19.9 Å². The van der Waals surface area contributed by atoms with E-state index in [1.807, 2.05) is 12.1 Å².